The standard InChI is InChI=1S/C30H28N4O3/c1-3-34-27-19-25(36-2)17-18-26(27)28(31)29(34)20-9-11-21(12-10-20)32-30(35)33-22-13-15-24(16-14-22)37-23-7-5-4-6-8-23/h4-19H,3,31H2,1-2H3,(H2,32,33,35). The van der Waals surface area contributed by atoms with Crippen LogP contribution in [0.1, 0.15) is 6.92 Å². The number of hydrogen-bond donors (Lipinski definition) is 3. The molecule has 186 valence electrons. The molecule has 4 aromatic carbocycles. The predicted molar refractivity (Wildman–Crippen MR) is 150 cm³/mol. The molecule has 0 atom stereocenters. The van der Waals surface area contributed by atoms with Crippen LogP contribution in [0.25, 0.3) is 22.2 Å². The average molecular weight is 493 g/mol. The van der Waals surface area contributed by atoms with Crippen LogP contribution in [-0.4, -0.2) is 17.7 Å². The van der Waals surface area contributed by atoms with Crippen LogP contribution in [0.3, 0.4) is 0 Å². The summed E-state index contributed by atoms with van der Waals surface area (Å²) in [5, 5.41) is 6.70. The zero-order valence-electron chi connectivity index (χ0n) is 20.7. The zero-order valence-corrected chi connectivity index (χ0v) is 20.7. The third-order valence-electron chi connectivity index (χ3n) is 6.13. The number of anilines is 3. The van der Waals surface area contributed by atoms with E-state index in [9.17, 15) is 4.79 Å². The highest BCUT2D eigenvalue weighted by molar-refractivity contribution is 6.02. The van der Waals surface area contributed by atoms with Gasteiger partial charge in [0.05, 0.1) is 24.0 Å². The van der Waals surface area contributed by atoms with Crippen LogP contribution in [0.15, 0.2) is 97.1 Å². The average Bonchev–Trinajstić information content (AvgIpc) is 3.21. The summed E-state index contributed by atoms with van der Waals surface area (Å²) in [4.78, 5) is 12.6. The first-order valence-electron chi connectivity index (χ1n) is 12.0. The monoisotopic (exact) mass is 492 g/mol. The van der Waals surface area contributed by atoms with E-state index in [-0.39, 0.29) is 6.03 Å². The molecule has 0 radical (unpaired) electrons. The van der Waals surface area contributed by atoms with E-state index in [0.29, 0.717) is 17.1 Å². The maximum atomic E-state index is 12.6. The number of carbonyl (C=O) groups is 1. The van der Waals surface area contributed by atoms with Gasteiger partial charge in [0, 0.05) is 34.9 Å². The zero-order chi connectivity index (χ0) is 25.8. The number of benzene rings is 4. The Hall–Kier alpha value is -4.91. The van der Waals surface area contributed by atoms with Gasteiger partial charge in [-0.25, -0.2) is 4.79 Å². The molecule has 0 fully saturated rings. The van der Waals surface area contributed by atoms with Gasteiger partial charge in [0.15, 0.2) is 0 Å². The van der Waals surface area contributed by atoms with Gasteiger partial charge >= 0.3 is 6.03 Å². The van der Waals surface area contributed by atoms with Gasteiger partial charge in [0.1, 0.15) is 17.2 Å². The van der Waals surface area contributed by atoms with E-state index in [1.165, 1.54) is 0 Å². The normalized spacial score (nSPS) is 10.8. The van der Waals surface area contributed by atoms with E-state index in [4.69, 9.17) is 15.2 Å². The fraction of sp³-hybridized carbons (Fsp3) is 0.100. The van der Waals surface area contributed by atoms with Gasteiger partial charge in [0.25, 0.3) is 0 Å². The number of ether oxygens (including phenoxy) is 2. The van der Waals surface area contributed by atoms with Crippen molar-refractivity contribution in [2.45, 2.75) is 13.5 Å². The molecule has 0 saturated heterocycles. The number of nitrogens with zero attached hydrogens (tertiary/aromatic N) is 1. The van der Waals surface area contributed by atoms with Crippen LogP contribution in [0, 0.1) is 0 Å². The topological polar surface area (TPSA) is 90.5 Å². The number of rotatable bonds is 7. The summed E-state index contributed by atoms with van der Waals surface area (Å²) in [6.07, 6.45) is 0. The molecule has 2 amide bonds. The molecule has 0 saturated carbocycles. The number of amides is 2. The lowest BCUT2D eigenvalue weighted by Gasteiger charge is -2.12. The van der Waals surface area contributed by atoms with E-state index in [2.05, 4.69) is 22.1 Å². The van der Waals surface area contributed by atoms with Crippen molar-refractivity contribution in [3.63, 3.8) is 0 Å². The summed E-state index contributed by atoms with van der Waals surface area (Å²) in [5.74, 6) is 2.23. The lowest BCUT2D eigenvalue weighted by molar-refractivity contribution is 0.262. The minimum atomic E-state index is -0.334. The van der Waals surface area contributed by atoms with Crippen molar-refractivity contribution in [1.82, 2.24) is 4.57 Å². The lowest BCUT2D eigenvalue weighted by atomic mass is 10.1. The Balaban J connectivity index is 1.27. The molecule has 0 aliphatic carbocycles. The van der Waals surface area contributed by atoms with Crippen molar-refractivity contribution >= 4 is 34.0 Å². The molecule has 0 unspecified atom stereocenters. The first-order valence-corrected chi connectivity index (χ1v) is 12.0. The molecule has 1 heterocycles. The molecule has 0 bridgehead atoms. The van der Waals surface area contributed by atoms with Crippen molar-refractivity contribution in [3.8, 4) is 28.5 Å². The van der Waals surface area contributed by atoms with Gasteiger partial charge in [-0.2, -0.15) is 0 Å². The number of para-hydroxylation sites is 1. The van der Waals surface area contributed by atoms with Gasteiger partial charge in [-0.3, -0.25) is 0 Å². The number of nitrogen functional groups attached to an aromatic ring is 1. The third-order valence-corrected chi connectivity index (χ3v) is 6.13. The molecule has 7 nitrogen and oxygen atoms in total. The number of aryl methyl sites for hydroxylation is 1. The van der Waals surface area contributed by atoms with Crippen molar-refractivity contribution in [1.29, 1.82) is 0 Å². The number of hydrogen-bond acceptors (Lipinski definition) is 4. The summed E-state index contributed by atoms with van der Waals surface area (Å²) in [6.45, 7) is 2.84. The van der Waals surface area contributed by atoms with E-state index in [1.54, 1.807) is 19.2 Å². The molecule has 4 N–H and O–H groups in total. The van der Waals surface area contributed by atoms with Crippen molar-refractivity contribution in [3.05, 3.63) is 97.1 Å². The largest absolute Gasteiger partial charge is 0.497 e. The summed E-state index contributed by atoms with van der Waals surface area (Å²) in [7, 11) is 1.65. The minimum absolute atomic E-state index is 0.334. The van der Waals surface area contributed by atoms with Crippen LogP contribution in [0.4, 0.5) is 21.9 Å². The number of urea groups is 1. The van der Waals surface area contributed by atoms with E-state index in [1.807, 2.05) is 84.9 Å². The second kappa shape index (κ2) is 10.4. The predicted octanol–water partition coefficient (Wildman–Crippen LogP) is 7.36. The Morgan fingerprint density at radius 2 is 1.41 bits per heavy atom. The van der Waals surface area contributed by atoms with Gasteiger partial charge in [-0.1, -0.05) is 30.3 Å². The maximum Gasteiger partial charge on any atom is 0.323 e. The fourth-order valence-corrected chi connectivity index (χ4v) is 4.36. The number of fused-ring (bicyclic) bond motifs is 1. The Labute approximate surface area is 215 Å². The molecule has 0 spiro atoms. The molecular formula is C30H28N4O3. The smallest absolute Gasteiger partial charge is 0.323 e. The second-order valence-electron chi connectivity index (χ2n) is 8.49. The molecule has 1 aromatic heterocycles. The molecular weight excluding hydrogens is 464 g/mol. The highest BCUT2D eigenvalue weighted by atomic mass is 16.5. The second-order valence-corrected chi connectivity index (χ2v) is 8.49. The van der Waals surface area contributed by atoms with Gasteiger partial charge in [0.2, 0.25) is 0 Å². The Bertz CT molecular complexity index is 1530. The third kappa shape index (κ3) is 5.06. The molecule has 0 aliphatic heterocycles. The van der Waals surface area contributed by atoms with Crippen LogP contribution in [0.2, 0.25) is 0 Å². The molecule has 7 heteroatoms. The fourth-order valence-electron chi connectivity index (χ4n) is 4.36. The van der Waals surface area contributed by atoms with Crippen molar-refractivity contribution < 1.29 is 14.3 Å². The molecule has 5 rings (SSSR count). The van der Waals surface area contributed by atoms with Crippen LogP contribution in [-0.2, 0) is 6.54 Å². The van der Waals surface area contributed by atoms with Crippen LogP contribution >= 0.6 is 0 Å². The first-order chi connectivity index (χ1) is 18.1. The van der Waals surface area contributed by atoms with Crippen molar-refractivity contribution in [2.75, 3.05) is 23.5 Å². The highest BCUT2D eigenvalue weighted by Crippen LogP contribution is 2.38. The molecule has 5 aromatic rings. The number of aromatic nitrogens is 1. The van der Waals surface area contributed by atoms with Gasteiger partial charge in [-0.05, 0) is 67.6 Å². The summed E-state index contributed by atoms with van der Waals surface area (Å²) in [6, 6.07) is 30.0. The van der Waals surface area contributed by atoms with Crippen LogP contribution in [0.5, 0.6) is 17.2 Å². The summed E-state index contributed by atoms with van der Waals surface area (Å²) < 4.78 is 13.4. The van der Waals surface area contributed by atoms with Crippen molar-refractivity contribution in [2.24, 2.45) is 0 Å². The Morgan fingerprint density at radius 3 is 2.03 bits per heavy atom. The summed E-state index contributed by atoms with van der Waals surface area (Å²) >= 11 is 0. The highest BCUT2D eigenvalue weighted by Gasteiger charge is 2.16. The molecule has 37 heavy (non-hydrogen) atoms. The SMILES string of the molecule is CCn1c(-c2ccc(NC(=O)Nc3ccc(Oc4ccccc4)cc3)cc2)c(N)c2ccc(OC)cc21. The van der Waals surface area contributed by atoms with E-state index >= 15 is 0 Å². The maximum absolute atomic E-state index is 12.6. The van der Waals surface area contributed by atoms with Gasteiger partial charge < -0.3 is 30.4 Å². The Morgan fingerprint density at radius 1 is 0.811 bits per heavy atom. The number of methoxy groups -OCH3 is 1. The summed E-state index contributed by atoms with van der Waals surface area (Å²) in [5.41, 5.74) is 11.5. The first kappa shape index (κ1) is 23.8. The quantitative estimate of drug-likeness (QED) is 0.221. The number of nitrogens with two attached hydrogens (primary N) is 1. The van der Waals surface area contributed by atoms with Crippen LogP contribution < -0.4 is 25.8 Å². The minimum Gasteiger partial charge on any atom is -0.497 e. The van der Waals surface area contributed by atoms with E-state index < -0.39 is 0 Å². The Kier molecular flexibility index (Phi) is 6.68. The number of carbonyl (C=O) groups excluding carboxylic acids is 1. The molecule has 0 aliphatic rings. The van der Waals surface area contributed by atoms with E-state index in [0.717, 1.165) is 45.9 Å². The van der Waals surface area contributed by atoms with Gasteiger partial charge in [-0.15, -0.1) is 0 Å². The number of nitrogens with one attached hydrogen (secondary N) is 2. The lowest BCUT2D eigenvalue weighted by Crippen LogP contribution is -2.19.